The van der Waals surface area contributed by atoms with Crippen molar-refractivity contribution in [2.24, 2.45) is 0 Å². The molecular weight excluding hydrogens is 364 g/mol. The van der Waals surface area contributed by atoms with Gasteiger partial charge in [-0.05, 0) is 24.8 Å². The summed E-state index contributed by atoms with van der Waals surface area (Å²) in [6.45, 7) is 3.83. The fourth-order valence-electron chi connectivity index (χ4n) is 2.33. The quantitative estimate of drug-likeness (QED) is 0.560. The van der Waals surface area contributed by atoms with Gasteiger partial charge in [0, 0.05) is 5.56 Å². The number of carbonyl (C=O) groups excluding carboxylic acids is 1. The lowest BCUT2D eigenvalue weighted by Gasteiger charge is -2.14. The molecule has 0 bridgehead atoms. The minimum Gasteiger partial charge on any atom is -0.481 e. The van der Waals surface area contributed by atoms with E-state index in [-0.39, 0.29) is 5.91 Å². The third kappa shape index (κ3) is 4.65. The van der Waals surface area contributed by atoms with Crippen LogP contribution in [0.2, 0.25) is 0 Å². The zero-order chi connectivity index (χ0) is 18.4. The third-order valence-electron chi connectivity index (χ3n) is 3.58. The van der Waals surface area contributed by atoms with E-state index in [1.807, 2.05) is 60.7 Å². The van der Waals surface area contributed by atoms with Gasteiger partial charge in [0.15, 0.2) is 10.4 Å². The lowest BCUT2D eigenvalue weighted by molar-refractivity contribution is -0.122. The van der Waals surface area contributed by atoms with Crippen LogP contribution in [0.25, 0.3) is 11.3 Å². The molecule has 3 rings (SSSR count). The molecule has 0 aliphatic rings. The Bertz CT molecular complexity index is 851. The molecule has 6 heteroatoms. The summed E-state index contributed by atoms with van der Waals surface area (Å²) in [6, 6.07) is 19.2. The van der Waals surface area contributed by atoms with E-state index in [2.05, 4.69) is 12.2 Å². The van der Waals surface area contributed by atoms with Crippen molar-refractivity contribution in [3.63, 3.8) is 0 Å². The molecule has 0 saturated carbocycles. The number of anilines is 1. The fourth-order valence-corrected chi connectivity index (χ4v) is 4.30. The van der Waals surface area contributed by atoms with Crippen LogP contribution in [0.4, 0.5) is 5.00 Å². The van der Waals surface area contributed by atoms with Crippen LogP contribution in [-0.2, 0) is 4.79 Å². The van der Waals surface area contributed by atoms with Crippen LogP contribution in [0.1, 0.15) is 13.8 Å². The maximum absolute atomic E-state index is 12.6. The Kier molecular flexibility index (Phi) is 6.30. The normalized spacial score (nSPS) is 11.8. The van der Waals surface area contributed by atoms with E-state index in [0.717, 1.165) is 26.4 Å². The molecule has 0 radical (unpaired) electrons. The Morgan fingerprint density at radius 1 is 1.15 bits per heavy atom. The Balaban J connectivity index is 1.78. The number of nitrogens with zero attached hydrogens (tertiary/aromatic N) is 1. The summed E-state index contributed by atoms with van der Waals surface area (Å²) in [5.74, 6) is 1.41. The number of thioether (sulfide) groups is 1. The smallest absolute Gasteiger partial charge is 0.265 e. The van der Waals surface area contributed by atoms with Crippen LogP contribution in [0, 0.1) is 0 Å². The van der Waals surface area contributed by atoms with Gasteiger partial charge in [0.1, 0.15) is 16.4 Å². The van der Waals surface area contributed by atoms with E-state index in [4.69, 9.17) is 9.72 Å². The van der Waals surface area contributed by atoms with Crippen LogP contribution in [0.5, 0.6) is 5.75 Å². The summed E-state index contributed by atoms with van der Waals surface area (Å²) >= 11 is 3.16. The molecule has 0 aliphatic heterocycles. The highest BCUT2D eigenvalue weighted by Gasteiger charge is 2.20. The molecule has 1 aromatic heterocycles. The van der Waals surface area contributed by atoms with Crippen molar-refractivity contribution in [2.45, 2.75) is 24.3 Å². The molecule has 1 amide bonds. The van der Waals surface area contributed by atoms with Crippen LogP contribution >= 0.6 is 23.1 Å². The molecule has 1 N–H and O–H groups in total. The number of hydrogen-bond acceptors (Lipinski definition) is 5. The Hall–Kier alpha value is -2.31. The highest BCUT2D eigenvalue weighted by atomic mass is 32.2. The maximum atomic E-state index is 12.6. The number of nitrogens with one attached hydrogen (secondary N) is 1. The van der Waals surface area contributed by atoms with Crippen LogP contribution < -0.4 is 10.1 Å². The monoisotopic (exact) mass is 384 g/mol. The summed E-state index contributed by atoms with van der Waals surface area (Å²) in [5.41, 5.74) is 1.78. The molecule has 1 unspecified atom stereocenters. The Morgan fingerprint density at radius 2 is 1.81 bits per heavy atom. The van der Waals surface area contributed by atoms with Gasteiger partial charge in [-0.3, -0.25) is 4.79 Å². The number of thiazole rings is 1. The molecule has 2 aromatic carbocycles. The number of rotatable bonds is 7. The van der Waals surface area contributed by atoms with Crippen molar-refractivity contribution in [1.29, 1.82) is 0 Å². The van der Waals surface area contributed by atoms with E-state index in [9.17, 15) is 4.79 Å². The summed E-state index contributed by atoms with van der Waals surface area (Å²) in [5, 5.41) is 3.74. The zero-order valence-corrected chi connectivity index (χ0v) is 16.3. The SMILES string of the molecule is CCSc1nc(-c2ccccc2)c(NC(=O)C(C)Oc2ccccc2)s1. The second kappa shape index (κ2) is 8.87. The van der Waals surface area contributed by atoms with Gasteiger partial charge in [0.2, 0.25) is 0 Å². The highest BCUT2D eigenvalue weighted by molar-refractivity contribution is 8.01. The zero-order valence-electron chi connectivity index (χ0n) is 14.6. The van der Waals surface area contributed by atoms with E-state index >= 15 is 0 Å². The van der Waals surface area contributed by atoms with Crippen LogP contribution in [0.15, 0.2) is 65.0 Å². The lowest BCUT2D eigenvalue weighted by Crippen LogP contribution is -2.30. The van der Waals surface area contributed by atoms with Gasteiger partial charge in [0.05, 0.1) is 0 Å². The summed E-state index contributed by atoms with van der Waals surface area (Å²) < 4.78 is 6.66. The number of amides is 1. The second-order valence-corrected chi connectivity index (χ2v) is 8.03. The highest BCUT2D eigenvalue weighted by Crippen LogP contribution is 2.37. The molecule has 134 valence electrons. The predicted molar refractivity (Wildman–Crippen MR) is 109 cm³/mol. The first-order chi connectivity index (χ1) is 12.7. The van der Waals surface area contributed by atoms with E-state index < -0.39 is 6.10 Å². The number of aromatic nitrogens is 1. The molecule has 0 aliphatic carbocycles. The molecule has 0 spiro atoms. The second-order valence-electron chi connectivity index (χ2n) is 5.52. The number of para-hydroxylation sites is 1. The molecule has 4 nitrogen and oxygen atoms in total. The molecule has 26 heavy (non-hydrogen) atoms. The molecule has 1 atom stereocenters. The average Bonchev–Trinajstić information content (AvgIpc) is 3.06. The van der Waals surface area contributed by atoms with Crippen molar-refractivity contribution in [3.8, 4) is 17.0 Å². The van der Waals surface area contributed by atoms with Crippen molar-refractivity contribution in [1.82, 2.24) is 4.98 Å². The molecular formula is C20H20N2O2S2. The number of carbonyl (C=O) groups is 1. The topological polar surface area (TPSA) is 51.2 Å². The van der Waals surface area contributed by atoms with Crippen LogP contribution in [-0.4, -0.2) is 22.7 Å². The first-order valence-electron chi connectivity index (χ1n) is 8.39. The van der Waals surface area contributed by atoms with Gasteiger partial charge >= 0.3 is 0 Å². The van der Waals surface area contributed by atoms with Crippen LogP contribution in [0.3, 0.4) is 0 Å². The van der Waals surface area contributed by atoms with Crippen molar-refractivity contribution < 1.29 is 9.53 Å². The fraction of sp³-hybridized carbons (Fsp3) is 0.200. The van der Waals surface area contributed by atoms with E-state index in [1.54, 1.807) is 18.7 Å². The van der Waals surface area contributed by atoms with Gasteiger partial charge in [-0.1, -0.05) is 78.6 Å². The minimum atomic E-state index is -0.606. The molecule has 0 fully saturated rings. The van der Waals surface area contributed by atoms with Crippen molar-refractivity contribution in [3.05, 3.63) is 60.7 Å². The van der Waals surface area contributed by atoms with E-state index in [0.29, 0.717) is 5.75 Å². The average molecular weight is 385 g/mol. The largest absolute Gasteiger partial charge is 0.481 e. The van der Waals surface area contributed by atoms with E-state index in [1.165, 1.54) is 11.3 Å². The summed E-state index contributed by atoms with van der Waals surface area (Å²) in [7, 11) is 0. The van der Waals surface area contributed by atoms with Gasteiger partial charge in [-0.25, -0.2) is 4.98 Å². The van der Waals surface area contributed by atoms with Crippen molar-refractivity contribution >= 4 is 34.0 Å². The van der Waals surface area contributed by atoms with Gasteiger partial charge in [0.25, 0.3) is 5.91 Å². The standard InChI is InChI=1S/C20H20N2O2S2/c1-3-25-20-21-17(15-10-6-4-7-11-15)19(26-20)22-18(23)14(2)24-16-12-8-5-9-13-16/h4-14H,3H2,1-2H3,(H,22,23). The molecule has 3 aromatic rings. The lowest BCUT2D eigenvalue weighted by atomic mass is 10.2. The predicted octanol–water partition coefficient (Wildman–Crippen LogP) is 5.33. The summed E-state index contributed by atoms with van der Waals surface area (Å²) in [4.78, 5) is 17.3. The van der Waals surface area contributed by atoms with Gasteiger partial charge < -0.3 is 10.1 Å². The van der Waals surface area contributed by atoms with Gasteiger partial charge in [-0.2, -0.15) is 0 Å². The number of benzene rings is 2. The first kappa shape index (κ1) is 18.5. The number of hydrogen-bond donors (Lipinski definition) is 1. The third-order valence-corrected chi connectivity index (χ3v) is 5.58. The Labute approximate surface area is 161 Å². The molecule has 1 heterocycles. The first-order valence-corrected chi connectivity index (χ1v) is 10.2. The summed E-state index contributed by atoms with van der Waals surface area (Å²) in [6.07, 6.45) is -0.606. The molecule has 0 saturated heterocycles. The van der Waals surface area contributed by atoms with Gasteiger partial charge in [-0.15, -0.1) is 0 Å². The number of ether oxygens (including phenoxy) is 1. The van der Waals surface area contributed by atoms with Crippen molar-refractivity contribution in [2.75, 3.05) is 11.1 Å². The Morgan fingerprint density at radius 3 is 2.46 bits per heavy atom. The minimum absolute atomic E-state index is 0.192. The maximum Gasteiger partial charge on any atom is 0.265 e.